The van der Waals surface area contributed by atoms with Crippen molar-refractivity contribution in [1.82, 2.24) is 0 Å². The predicted molar refractivity (Wildman–Crippen MR) is 50.3 cm³/mol. The van der Waals surface area contributed by atoms with Gasteiger partial charge in [0.2, 0.25) is 0 Å². The molecule has 0 aromatic heterocycles. The van der Waals surface area contributed by atoms with E-state index in [0.29, 0.717) is 19.6 Å². The maximum Gasteiger partial charge on any atom is 0.322 e. The molecule has 4 nitrogen and oxygen atoms in total. The van der Waals surface area contributed by atoms with Gasteiger partial charge in [-0.25, -0.2) is 0 Å². The van der Waals surface area contributed by atoms with Crippen molar-refractivity contribution in [2.75, 3.05) is 20.3 Å². The Bertz CT molecular complexity index is 139. The maximum atomic E-state index is 11.1. The number of hydrogen-bond donors (Lipinski definition) is 1. The molecule has 4 heteroatoms. The monoisotopic (exact) mass is 189 g/mol. The minimum atomic E-state index is -0.465. The summed E-state index contributed by atoms with van der Waals surface area (Å²) in [6.07, 6.45) is 2.30. The molecule has 0 bridgehead atoms. The lowest BCUT2D eigenvalue weighted by Gasteiger charge is -2.09. The second kappa shape index (κ2) is 8.01. The molecule has 0 saturated heterocycles. The number of esters is 1. The van der Waals surface area contributed by atoms with Crippen molar-refractivity contribution in [3.63, 3.8) is 0 Å². The number of nitrogens with two attached hydrogens (primary N) is 1. The van der Waals surface area contributed by atoms with Crippen molar-refractivity contribution in [2.24, 2.45) is 5.73 Å². The zero-order valence-electron chi connectivity index (χ0n) is 8.41. The number of methoxy groups -OCH3 is 1. The molecule has 78 valence electrons. The van der Waals surface area contributed by atoms with Crippen LogP contribution in [-0.2, 0) is 14.3 Å². The summed E-state index contributed by atoms with van der Waals surface area (Å²) < 4.78 is 9.72. The highest BCUT2D eigenvalue weighted by Gasteiger charge is 2.12. The van der Waals surface area contributed by atoms with E-state index in [1.165, 1.54) is 0 Å². The van der Waals surface area contributed by atoms with Crippen LogP contribution in [0.2, 0.25) is 0 Å². The third kappa shape index (κ3) is 6.54. The Labute approximate surface area is 79.4 Å². The number of carbonyl (C=O) groups is 1. The van der Waals surface area contributed by atoms with Crippen LogP contribution >= 0.6 is 0 Å². The van der Waals surface area contributed by atoms with Crippen LogP contribution in [0, 0.1) is 0 Å². The number of rotatable bonds is 7. The van der Waals surface area contributed by atoms with Crippen molar-refractivity contribution in [2.45, 2.75) is 32.2 Å². The average molecular weight is 189 g/mol. The lowest BCUT2D eigenvalue weighted by Crippen LogP contribution is -2.32. The lowest BCUT2D eigenvalue weighted by molar-refractivity contribution is -0.145. The molecule has 2 N–H and O–H groups in total. The first-order valence-electron chi connectivity index (χ1n) is 4.63. The molecule has 0 spiro atoms. The molecule has 0 aliphatic rings. The van der Waals surface area contributed by atoms with Crippen LogP contribution in [0.25, 0.3) is 0 Å². The molecule has 0 saturated carbocycles. The molecule has 1 atom stereocenters. The van der Waals surface area contributed by atoms with Crippen molar-refractivity contribution < 1.29 is 14.3 Å². The van der Waals surface area contributed by atoms with Gasteiger partial charge in [-0.1, -0.05) is 13.3 Å². The summed E-state index contributed by atoms with van der Waals surface area (Å²) in [7, 11) is 1.62. The van der Waals surface area contributed by atoms with Gasteiger partial charge in [0, 0.05) is 20.1 Å². The number of ether oxygens (including phenoxy) is 2. The molecule has 0 rings (SSSR count). The van der Waals surface area contributed by atoms with Crippen LogP contribution in [-0.4, -0.2) is 32.3 Å². The largest absolute Gasteiger partial charge is 0.464 e. The molecule has 0 aromatic rings. The molecule has 0 fully saturated rings. The lowest BCUT2D eigenvalue weighted by atomic mass is 10.2. The minimum absolute atomic E-state index is 0.307. The molecule has 1 unspecified atom stereocenters. The highest BCUT2D eigenvalue weighted by Crippen LogP contribution is 1.96. The highest BCUT2D eigenvalue weighted by molar-refractivity contribution is 5.75. The van der Waals surface area contributed by atoms with Gasteiger partial charge in [-0.2, -0.15) is 0 Å². The molecule has 0 amide bonds. The second-order valence-corrected chi connectivity index (χ2v) is 2.91. The minimum Gasteiger partial charge on any atom is -0.464 e. The van der Waals surface area contributed by atoms with Gasteiger partial charge in [0.15, 0.2) is 0 Å². The normalized spacial score (nSPS) is 12.5. The van der Waals surface area contributed by atoms with Crippen LogP contribution in [0.4, 0.5) is 0 Å². The van der Waals surface area contributed by atoms with Crippen LogP contribution in [0.5, 0.6) is 0 Å². The summed E-state index contributed by atoms with van der Waals surface area (Å²) in [5.41, 5.74) is 5.54. The van der Waals surface area contributed by atoms with Crippen LogP contribution < -0.4 is 5.73 Å². The van der Waals surface area contributed by atoms with Crippen LogP contribution in [0.15, 0.2) is 0 Å². The van der Waals surface area contributed by atoms with E-state index in [2.05, 4.69) is 0 Å². The summed E-state index contributed by atoms with van der Waals surface area (Å²) in [5, 5.41) is 0. The quantitative estimate of drug-likeness (QED) is 0.473. The summed E-state index contributed by atoms with van der Waals surface area (Å²) in [6.45, 7) is 2.98. The van der Waals surface area contributed by atoms with Crippen molar-refractivity contribution in [3.05, 3.63) is 0 Å². The highest BCUT2D eigenvalue weighted by atomic mass is 16.5. The first-order valence-corrected chi connectivity index (χ1v) is 4.63. The summed E-state index contributed by atoms with van der Waals surface area (Å²) >= 11 is 0. The molecular formula is C9H19NO3. The van der Waals surface area contributed by atoms with Gasteiger partial charge < -0.3 is 15.2 Å². The second-order valence-electron chi connectivity index (χ2n) is 2.91. The van der Waals surface area contributed by atoms with Crippen LogP contribution in [0.3, 0.4) is 0 Å². The van der Waals surface area contributed by atoms with E-state index in [1.54, 1.807) is 7.11 Å². The number of hydrogen-bond acceptors (Lipinski definition) is 4. The Morgan fingerprint density at radius 3 is 2.69 bits per heavy atom. The molecule has 0 aliphatic carbocycles. The predicted octanol–water partition coefficient (Wildman–Crippen LogP) is 0.694. The summed E-state index contributed by atoms with van der Waals surface area (Å²) in [5.74, 6) is -0.307. The molecule has 0 aliphatic heterocycles. The zero-order valence-corrected chi connectivity index (χ0v) is 8.41. The molecule has 0 aromatic carbocycles. The van der Waals surface area contributed by atoms with E-state index in [0.717, 1.165) is 12.8 Å². The molecule has 0 radical (unpaired) electrons. The van der Waals surface area contributed by atoms with Crippen LogP contribution in [0.1, 0.15) is 26.2 Å². The van der Waals surface area contributed by atoms with Gasteiger partial charge >= 0.3 is 5.97 Å². The van der Waals surface area contributed by atoms with Crippen molar-refractivity contribution in [3.8, 4) is 0 Å². The Morgan fingerprint density at radius 2 is 2.15 bits per heavy atom. The van der Waals surface area contributed by atoms with Gasteiger partial charge in [-0.05, 0) is 6.42 Å². The fraction of sp³-hybridized carbons (Fsp3) is 0.889. The van der Waals surface area contributed by atoms with E-state index in [1.807, 2.05) is 6.92 Å². The average Bonchev–Trinajstić information content (AvgIpc) is 2.12. The van der Waals surface area contributed by atoms with E-state index in [-0.39, 0.29) is 5.97 Å². The molecular weight excluding hydrogens is 170 g/mol. The molecule has 13 heavy (non-hydrogen) atoms. The van der Waals surface area contributed by atoms with Gasteiger partial charge in [-0.3, -0.25) is 4.79 Å². The maximum absolute atomic E-state index is 11.1. The van der Waals surface area contributed by atoms with Gasteiger partial charge in [0.25, 0.3) is 0 Å². The van der Waals surface area contributed by atoms with Gasteiger partial charge in [-0.15, -0.1) is 0 Å². The number of carbonyl (C=O) groups excluding carboxylic acids is 1. The van der Waals surface area contributed by atoms with E-state index < -0.39 is 6.04 Å². The smallest absolute Gasteiger partial charge is 0.322 e. The van der Waals surface area contributed by atoms with Crippen molar-refractivity contribution in [1.29, 1.82) is 0 Å². The van der Waals surface area contributed by atoms with E-state index >= 15 is 0 Å². The SMILES string of the molecule is CCCC(N)C(=O)OCCCOC. The fourth-order valence-corrected chi connectivity index (χ4v) is 0.912. The van der Waals surface area contributed by atoms with Crippen molar-refractivity contribution >= 4 is 5.97 Å². The first kappa shape index (κ1) is 12.4. The van der Waals surface area contributed by atoms with Gasteiger partial charge in [0.05, 0.1) is 6.61 Å². The Hall–Kier alpha value is -0.610. The summed E-state index contributed by atoms with van der Waals surface area (Å²) in [4.78, 5) is 11.1. The van der Waals surface area contributed by atoms with E-state index in [4.69, 9.17) is 15.2 Å². The Balaban J connectivity index is 3.38. The third-order valence-corrected chi connectivity index (χ3v) is 1.64. The molecule has 0 heterocycles. The Morgan fingerprint density at radius 1 is 1.46 bits per heavy atom. The third-order valence-electron chi connectivity index (χ3n) is 1.64. The van der Waals surface area contributed by atoms with Gasteiger partial charge in [0.1, 0.15) is 6.04 Å². The summed E-state index contributed by atoms with van der Waals surface area (Å²) in [6, 6.07) is -0.465. The topological polar surface area (TPSA) is 61.6 Å². The standard InChI is InChI=1S/C9H19NO3/c1-3-5-8(10)9(11)13-7-4-6-12-2/h8H,3-7,10H2,1-2H3. The zero-order chi connectivity index (χ0) is 10.1. The van der Waals surface area contributed by atoms with E-state index in [9.17, 15) is 4.79 Å². The first-order chi connectivity index (χ1) is 6.22. The Kier molecular flexibility index (Phi) is 7.63. The fourth-order valence-electron chi connectivity index (χ4n) is 0.912.